The molecule has 2 rings (SSSR count). The summed E-state index contributed by atoms with van der Waals surface area (Å²) in [5.74, 6) is 0. The molecule has 100 valence electrons. The summed E-state index contributed by atoms with van der Waals surface area (Å²) in [5.41, 5.74) is 0. The molecule has 1 fully saturated rings. The summed E-state index contributed by atoms with van der Waals surface area (Å²) in [6.45, 7) is 0.990. The largest absolute Gasteiger partial charge is 0.380 e. The highest BCUT2D eigenvalue weighted by molar-refractivity contribution is 9.10. The molecule has 1 unspecified atom stereocenters. The lowest BCUT2D eigenvalue weighted by Crippen LogP contribution is -2.37. The van der Waals surface area contributed by atoms with Crippen LogP contribution in [0.1, 0.15) is 6.42 Å². The second-order valence-electron chi connectivity index (χ2n) is 3.98. The van der Waals surface area contributed by atoms with Crippen LogP contribution in [0.4, 0.5) is 0 Å². The third kappa shape index (κ3) is 2.70. The third-order valence-corrected chi connectivity index (χ3v) is 5.62. The average molecular weight is 356 g/mol. The Kier molecular flexibility index (Phi) is 4.28. The fraction of sp³-hybridized carbons (Fsp3) is 0.500. The van der Waals surface area contributed by atoms with Crippen molar-refractivity contribution in [3.05, 3.63) is 21.9 Å². The zero-order valence-corrected chi connectivity index (χ0v) is 12.8. The molecule has 1 aromatic heterocycles. The Bertz CT molecular complexity index is 546. The molecule has 1 atom stereocenters. The Morgan fingerprint density at radius 1 is 1.61 bits per heavy atom. The molecule has 8 heteroatoms. The first kappa shape index (κ1) is 14.2. The van der Waals surface area contributed by atoms with Crippen LogP contribution in [0.3, 0.4) is 0 Å². The lowest BCUT2D eigenvalue weighted by molar-refractivity contribution is 0.181. The SMILES string of the molecule is CN(C1CCOC1)S(=O)(=O)c1cc(Br)cnc1Cl. The molecule has 2 heterocycles. The Morgan fingerprint density at radius 3 is 2.94 bits per heavy atom. The van der Waals surface area contributed by atoms with E-state index in [0.717, 1.165) is 0 Å². The Labute approximate surface area is 119 Å². The van der Waals surface area contributed by atoms with Crippen molar-refractivity contribution in [2.24, 2.45) is 0 Å². The Hall–Kier alpha value is -0.210. The number of likely N-dealkylation sites (N-methyl/N-ethyl adjacent to an activating group) is 1. The van der Waals surface area contributed by atoms with Gasteiger partial charge in [-0.15, -0.1) is 0 Å². The van der Waals surface area contributed by atoms with Gasteiger partial charge in [-0.3, -0.25) is 0 Å². The summed E-state index contributed by atoms with van der Waals surface area (Å²) < 4.78 is 31.9. The van der Waals surface area contributed by atoms with Crippen molar-refractivity contribution in [2.75, 3.05) is 20.3 Å². The van der Waals surface area contributed by atoms with Crippen molar-refractivity contribution in [1.82, 2.24) is 9.29 Å². The lowest BCUT2D eigenvalue weighted by Gasteiger charge is -2.22. The van der Waals surface area contributed by atoms with Gasteiger partial charge >= 0.3 is 0 Å². The highest BCUT2D eigenvalue weighted by Crippen LogP contribution is 2.27. The number of pyridine rings is 1. The Balaban J connectivity index is 2.37. The monoisotopic (exact) mass is 354 g/mol. The molecule has 1 aromatic rings. The van der Waals surface area contributed by atoms with E-state index in [4.69, 9.17) is 16.3 Å². The average Bonchev–Trinajstić information content (AvgIpc) is 2.84. The summed E-state index contributed by atoms with van der Waals surface area (Å²) in [5, 5.41) is -0.0241. The first-order valence-electron chi connectivity index (χ1n) is 5.30. The predicted molar refractivity (Wildman–Crippen MR) is 71.1 cm³/mol. The maximum atomic E-state index is 12.4. The topological polar surface area (TPSA) is 59.5 Å². The molecule has 1 aliphatic rings. The summed E-state index contributed by atoms with van der Waals surface area (Å²) >= 11 is 9.06. The summed E-state index contributed by atoms with van der Waals surface area (Å²) in [7, 11) is -2.11. The van der Waals surface area contributed by atoms with Gasteiger partial charge in [0.25, 0.3) is 0 Å². The van der Waals surface area contributed by atoms with Crippen LogP contribution in [-0.4, -0.2) is 44.0 Å². The van der Waals surface area contributed by atoms with E-state index in [1.54, 1.807) is 0 Å². The fourth-order valence-electron chi connectivity index (χ4n) is 1.75. The van der Waals surface area contributed by atoms with Gasteiger partial charge in [-0.2, -0.15) is 4.31 Å². The molecule has 0 radical (unpaired) electrons. The minimum Gasteiger partial charge on any atom is -0.380 e. The quantitative estimate of drug-likeness (QED) is 0.777. The maximum absolute atomic E-state index is 12.4. The minimum atomic E-state index is -3.65. The summed E-state index contributed by atoms with van der Waals surface area (Å²) in [6.07, 6.45) is 2.15. The van der Waals surface area contributed by atoms with E-state index < -0.39 is 10.0 Å². The molecule has 18 heavy (non-hydrogen) atoms. The molecule has 5 nitrogen and oxygen atoms in total. The van der Waals surface area contributed by atoms with Gasteiger partial charge in [0.1, 0.15) is 10.0 Å². The summed E-state index contributed by atoms with van der Waals surface area (Å²) in [4.78, 5) is 3.84. The summed E-state index contributed by atoms with van der Waals surface area (Å²) in [6, 6.07) is 1.31. The smallest absolute Gasteiger partial charge is 0.246 e. The van der Waals surface area contributed by atoms with Crippen LogP contribution in [0.25, 0.3) is 0 Å². The first-order valence-corrected chi connectivity index (χ1v) is 7.91. The van der Waals surface area contributed by atoms with Crippen LogP contribution in [0.15, 0.2) is 21.6 Å². The third-order valence-electron chi connectivity index (χ3n) is 2.85. The maximum Gasteiger partial charge on any atom is 0.246 e. The molecule has 1 saturated heterocycles. The van der Waals surface area contributed by atoms with E-state index in [0.29, 0.717) is 24.1 Å². The van der Waals surface area contributed by atoms with Crippen LogP contribution in [0.5, 0.6) is 0 Å². The van der Waals surface area contributed by atoms with Gasteiger partial charge < -0.3 is 4.74 Å². The highest BCUT2D eigenvalue weighted by Gasteiger charge is 2.32. The normalized spacial score (nSPS) is 20.6. The van der Waals surface area contributed by atoms with Crippen molar-refractivity contribution < 1.29 is 13.2 Å². The van der Waals surface area contributed by atoms with Gasteiger partial charge in [-0.1, -0.05) is 11.6 Å². The molecular formula is C10H12BrClN2O3S. The number of nitrogens with zero attached hydrogens (tertiary/aromatic N) is 2. The molecule has 0 bridgehead atoms. The number of halogens is 2. The van der Waals surface area contributed by atoms with Gasteiger partial charge in [0.15, 0.2) is 0 Å². The number of hydrogen-bond acceptors (Lipinski definition) is 4. The first-order chi connectivity index (χ1) is 8.43. The van der Waals surface area contributed by atoms with Crippen molar-refractivity contribution >= 4 is 37.6 Å². The number of ether oxygens (including phenoxy) is 1. The van der Waals surface area contributed by atoms with E-state index >= 15 is 0 Å². The zero-order valence-electron chi connectivity index (χ0n) is 9.64. The van der Waals surface area contributed by atoms with Gasteiger partial charge in [-0.25, -0.2) is 13.4 Å². The van der Waals surface area contributed by atoms with Gasteiger partial charge in [0, 0.05) is 24.3 Å². The highest BCUT2D eigenvalue weighted by atomic mass is 79.9. The van der Waals surface area contributed by atoms with E-state index in [-0.39, 0.29) is 16.1 Å². The number of rotatable bonds is 3. The van der Waals surface area contributed by atoms with Crippen LogP contribution in [-0.2, 0) is 14.8 Å². The van der Waals surface area contributed by atoms with Crippen LogP contribution >= 0.6 is 27.5 Å². The van der Waals surface area contributed by atoms with Gasteiger partial charge in [0.2, 0.25) is 10.0 Å². The van der Waals surface area contributed by atoms with E-state index in [9.17, 15) is 8.42 Å². The van der Waals surface area contributed by atoms with Crippen LogP contribution in [0, 0.1) is 0 Å². The van der Waals surface area contributed by atoms with Crippen molar-refractivity contribution in [2.45, 2.75) is 17.4 Å². The number of hydrogen-bond donors (Lipinski definition) is 0. The molecular weight excluding hydrogens is 344 g/mol. The predicted octanol–water partition coefficient (Wildman–Crippen LogP) is 1.91. The van der Waals surface area contributed by atoms with Crippen molar-refractivity contribution in [3.63, 3.8) is 0 Å². The fourth-order valence-corrected chi connectivity index (χ4v) is 4.03. The van der Waals surface area contributed by atoms with E-state index in [1.165, 1.54) is 23.6 Å². The zero-order chi connectivity index (χ0) is 13.3. The molecule has 0 aromatic carbocycles. The minimum absolute atomic E-state index is 0.00735. The molecule has 0 N–H and O–H groups in total. The lowest BCUT2D eigenvalue weighted by atomic mass is 10.3. The van der Waals surface area contributed by atoms with Crippen molar-refractivity contribution in [1.29, 1.82) is 0 Å². The van der Waals surface area contributed by atoms with Crippen molar-refractivity contribution in [3.8, 4) is 0 Å². The van der Waals surface area contributed by atoms with E-state index in [1.807, 2.05) is 0 Å². The van der Waals surface area contributed by atoms with Crippen LogP contribution in [0.2, 0.25) is 5.15 Å². The number of sulfonamides is 1. The van der Waals surface area contributed by atoms with Crippen LogP contribution < -0.4 is 0 Å². The second kappa shape index (κ2) is 5.42. The second-order valence-corrected chi connectivity index (χ2v) is 7.22. The van der Waals surface area contributed by atoms with E-state index in [2.05, 4.69) is 20.9 Å². The molecule has 0 spiro atoms. The van der Waals surface area contributed by atoms with Gasteiger partial charge in [-0.05, 0) is 28.4 Å². The Morgan fingerprint density at radius 2 is 2.33 bits per heavy atom. The van der Waals surface area contributed by atoms with Gasteiger partial charge in [0.05, 0.1) is 12.6 Å². The molecule has 0 amide bonds. The molecule has 1 aliphatic heterocycles. The standard InChI is InChI=1S/C10H12BrClN2O3S/c1-14(8-2-3-17-6-8)18(15,16)9-4-7(11)5-13-10(9)12/h4-5,8H,2-3,6H2,1H3. The molecule has 0 aliphatic carbocycles. The molecule has 0 saturated carbocycles. The number of aromatic nitrogens is 1.